The second kappa shape index (κ2) is 10.3. The van der Waals surface area contributed by atoms with E-state index in [1.165, 1.54) is 18.2 Å². The van der Waals surface area contributed by atoms with Crippen molar-refractivity contribution in [3.05, 3.63) is 95.4 Å². The first-order chi connectivity index (χ1) is 16.5. The summed E-state index contributed by atoms with van der Waals surface area (Å²) in [6.45, 7) is 1.75. The Morgan fingerprint density at radius 2 is 1.79 bits per heavy atom. The highest BCUT2D eigenvalue weighted by atomic mass is 19.1. The van der Waals surface area contributed by atoms with Gasteiger partial charge in [-0.2, -0.15) is 0 Å². The van der Waals surface area contributed by atoms with Crippen LogP contribution in [0.25, 0.3) is 5.65 Å². The summed E-state index contributed by atoms with van der Waals surface area (Å²) >= 11 is 0. The summed E-state index contributed by atoms with van der Waals surface area (Å²) < 4.78 is 40.9. The Labute approximate surface area is 195 Å². The molecule has 0 aliphatic heterocycles. The van der Waals surface area contributed by atoms with Gasteiger partial charge in [0.05, 0.1) is 17.3 Å². The minimum atomic E-state index is -0.697. The van der Waals surface area contributed by atoms with E-state index >= 15 is 0 Å². The number of nitrogens with one attached hydrogen (secondary N) is 1. The first kappa shape index (κ1) is 23.2. The van der Waals surface area contributed by atoms with Crippen LogP contribution in [0.15, 0.2) is 66.9 Å². The van der Waals surface area contributed by atoms with Crippen molar-refractivity contribution in [1.29, 1.82) is 0 Å². The van der Waals surface area contributed by atoms with Gasteiger partial charge in [-0.1, -0.05) is 24.3 Å². The lowest BCUT2D eigenvalue weighted by molar-refractivity contribution is 0.0917. The molecule has 1 unspecified atom stereocenters. The van der Waals surface area contributed by atoms with Crippen molar-refractivity contribution in [3.63, 3.8) is 0 Å². The maximum Gasteiger partial charge on any atom is 0.270 e. The number of aromatic nitrogens is 2. The number of benzene rings is 2. The second-order valence-electron chi connectivity index (χ2n) is 7.63. The highest BCUT2D eigenvalue weighted by Gasteiger charge is 2.22. The Balaban J connectivity index is 1.51. The third kappa shape index (κ3) is 4.99. The lowest BCUT2D eigenvalue weighted by Gasteiger charge is -2.18. The molecule has 4 rings (SSSR count). The number of aryl methyl sites for hydroxylation is 1. The number of amides is 1. The number of nitrogens with two attached hydrogens (primary N) is 1. The van der Waals surface area contributed by atoms with Gasteiger partial charge in [-0.25, -0.2) is 13.8 Å². The Bertz CT molecular complexity index is 1270. The lowest BCUT2D eigenvalue weighted by atomic mass is 10.2. The molecule has 0 saturated heterocycles. The molecule has 1 atom stereocenters. The van der Waals surface area contributed by atoms with Crippen molar-refractivity contribution in [2.24, 2.45) is 5.73 Å². The minimum absolute atomic E-state index is 0.178. The fourth-order valence-electron chi connectivity index (χ4n) is 3.50. The zero-order chi connectivity index (χ0) is 24.1. The van der Waals surface area contributed by atoms with Crippen LogP contribution in [0.3, 0.4) is 0 Å². The van der Waals surface area contributed by atoms with Crippen molar-refractivity contribution in [2.75, 3.05) is 13.2 Å². The lowest BCUT2D eigenvalue weighted by Crippen LogP contribution is -2.44. The zero-order valence-corrected chi connectivity index (χ0v) is 18.5. The molecule has 2 heterocycles. The summed E-state index contributed by atoms with van der Waals surface area (Å²) in [6.07, 6.45) is 1.67. The maximum absolute atomic E-state index is 14.0. The van der Waals surface area contributed by atoms with Gasteiger partial charge < -0.3 is 20.5 Å². The van der Waals surface area contributed by atoms with E-state index in [-0.39, 0.29) is 37.0 Å². The van der Waals surface area contributed by atoms with Crippen LogP contribution in [-0.2, 0) is 6.61 Å². The molecule has 0 aliphatic rings. The average molecular weight is 466 g/mol. The van der Waals surface area contributed by atoms with Gasteiger partial charge in [0.2, 0.25) is 0 Å². The molecular formula is C25H24F2N4O3. The minimum Gasteiger partial charge on any atom is -0.491 e. The fraction of sp³-hybridized carbons (Fsp3) is 0.200. The summed E-state index contributed by atoms with van der Waals surface area (Å²) in [5.41, 5.74) is 6.77. The van der Waals surface area contributed by atoms with E-state index in [4.69, 9.17) is 15.2 Å². The molecule has 7 nitrogen and oxygen atoms in total. The number of halogens is 2. The maximum atomic E-state index is 14.0. The molecule has 34 heavy (non-hydrogen) atoms. The molecule has 0 fully saturated rings. The molecule has 0 bridgehead atoms. The number of ether oxygens (including phenoxy) is 2. The molecular weight excluding hydrogens is 442 g/mol. The van der Waals surface area contributed by atoms with Crippen LogP contribution in [0, 0.1) is 18.6 Å². The first-order valence-electron chi connectivity index (χ1n) is 10.7. The van der Waals surface area contributed by atoms with Crippen LogP contribution >= 0.6 is 0 Å². The Hall–Kier alpha value is -3.98. The van der Waals surface area contributed by atoms with E-state index in [2.05, 4.69) is 10.3 Å². The van der Waals surface area contributed by atoms with E-state index in [1.54, 1.807) is 29.7 Å². The van der Waals surface area contributed by atoms with Crippen LogP contribution in [0.5, 0.6) is 11.5 Å². The number of hydrogen-bond acceptors (Lipinski definition) is 5. The van der Waals surface area contributed by atoms with Gasteiger partial charge in [0.25, 0.3) is 5.91 Å². The second-order valence-corrected chi connectivity index (χ2v) is 7.63. The number of para-hydroxylation sites is 1. The molecule has 3 N–H and O–H groups in total. The number of fused-ring (bicyclic) bond motifs is 1. The topological polar surface area (TPSA) is 90.9 Å². The summed E-state index contributed by atoms with van der Waals surface area (Å²) in [5.74, 6) is -0.812. The number of rotatable bonds is 9. The summed E-state index contributed by atoms with van der Waals surface area (Å²) in [5, 5.41) is 2.87. The van der Waals surface area contributed by atoms with E-state index < -0.39 is 17.7 Å². The molecule has 176 valence electrons. The van der Waals surface area contributed by atoms with Gasteiger partial charge in [-0.15, -0.1) is 0 Å². The van der Waals surface area contributed by atoms with E-state index in [0.717, 1.165) is 0 Å². The van der Waals surface area contributed by atoms with Crippen LogP contribution in [0.1, 0.15) is 21.7 Å². The van der Waals surface area contributed by atoms with Gasteiger partial charge in [0.15, 0.2) is 11.4 Å². The van der Waals surface area contributed by atoms with Crippen molar-refractivity contribution in [3.8, 4) is 11.5 Å². The normalized spacial score (nSPS) is 11.9. The highest BCUT2D eigenvalue weighted by molar-refractivity contribution is 5.95. The van der Waals surface area contributed by atoms with Gasteiger partial charge in [-0.05, 0) is 43.3 Å². The summed E-state index contributed by atoms with van der Waals surface area (Å²) in [4.78, 5) is 17.5. The van der Waals surface area contributed by atoms with E-state index in [9.17, 15) is 13.6 Å². The molecule has 0 aliphatic carbocycles. The van der Waals surface area contributed by atoms with Gasteiger partial charge >= 0.3 is 0 Å². The molecule has 2 aromatic heterocycles. The van der Waals surface area contributed by atoms with Crippen LogP contribution in [-0.4, -0.2) is 34.5 Å². The molecule has 2 aromatic carbocycles. The SMILES string of the molecule is Cc1nc2c(OCc3c(F)cccc3F)cccn2c1C(=O)NC(CN)COc1ccccc1. The third-order valence-electron chi connectivity index (χ3n) is 5.25. The Morgan fingerprint density at radius 1 is 1.06 bits per heavy atom. The number of imidazole rings is 1. The van der Waals surface area contributed by atoms with Crippen molar-refractivity contribution in [1.82, 2.24) is 14.7 Å². The molecule has 4 aromatic rings. The van der Waals surface area contributed by atoms with Gasteiger partial charge in [-0.3, -0.25) is 9.20 Å². The fourth-order valence-corrected chi connectivity index (χ4v) is 3.50. The average Bonchev–Trinajstić information content (AvgIpc) is 3.18. The number of carbonyl (C=O) groups excluding carboxylic acids is 1. The molecule has 0 saturated carbocycles. The standard InChI is InChI=1S/C25H24F2N4O3/c1-16-23(25(32)30-17(13-28)14-33-18-7-3-2-4-8-18)31-12-6-11-22(24(31)29-16)34-15-19-20(26)9-5-10-21(19)27/h2-12,17H,13-15,28H2,1H3,(H,30,32). The van der Waals surface area contributed by atoms with E-state index in [0.29, 0.717) is 22.8 Å². The predicted molar refractivity (Wildman–Crippen MR) is 123 cm³/mol. The predicted octanol–water partition coefficient (Wildman–Crippen LogP) is 3.64. The van der Waals surface area contributed by atoms with Crippen LogP contribution in [0.4, 0.5) is 8.78 Å². The van der Waals surface area contributed by atoms with E-state index in [1.807, 2.05) is 30.3 Å². The van der Waals surface area contributed by atoms with Crippen LogP contribution in [0.2, 0.25) is 0 Å². The van der Waals surface area contributed by atoms with Crippen molar-refractivity contribution in [2.45, 2.75) is 19.6 Å². The first-order valence-corrected chi connectivity index (χ1v) is 10.7. The van der Waals surface area contributed by atoms with Gasteiger partial charge in [0.1, 0.15) is 36.3 Å². The zero-order valence-electron chi connectivity index (χ0n) is 18.5. The molecule has 1 amide bonds. The molecule has 0 radical (unpaired) electrons. The quantitative estimate of drug-likeness (QED) is 0.393. The number of nitrogens with zero attached hydrogens (tertiary/aromatic N) is 2. The molecule has 9 heteroatoms. The van der Waals surface area contributed by atoms with Crippen molar-refractivity contribution < 1.29 is 23.0 Å². The number of hydrogen-bond donors (Lipinski definition) is 2. The highest BCUT2D eigenvalue weighted by Crippen LogP contribution is 2.24. The Kier molecular flexibility index (Phi) is 7.03. The summed E-state index contributed by atoms with van der Waals surface area (Å²) in [6, 6.07) is 15.7. The summed E-state index contributed by atoms with van der Waals surface area (Å²) in [7, 11) is 0. The third-order valence-corrected chi connectivity index (χ3v) is 5.25. The van der Waals surface area contributed by atoms with Gasteiger partial charge in [0, 0.05) is 12.7 Å². The smallest absolute Gasteiger partial charge is 0.270 e. The number of carbonyl (C=O) groups is 1. The Morgan fingerprint density at radius 3 is 2.50 bits per heavy atom. The molecule has 0 spiro atoms. The van der Waals surface area contributed by atoms with Crippen molar-refractivity contribution >= 4 is 11.6 Å². The monoisotopic (exact) mass is 466 g/mol. The largest absolute Gasteiger partial charge is 0.491 e. The van der Waals surface area contributed by atoms with Crippen LogP contribution < -0.4 is 20.5 Å². The number of pyridine rings is 1.